The number of hydrogen-bond donors (Lipinski definition) is 1. The molecule has 7 nitrogen and oxygen atoms in total. The molecule has 0 radical (unpaired) electrons. The number of amides is 2. The molecule has 0 spiro atoms. The molecule has 0 bridgehead atoms. The molecule has 0 unspecified atom stereocenters. The predicted octanol–water partition coefficient (Wildman–Crippen LogP) is 7.23. The van der Waals surface area contributed by atoms with Gasteiger partial charge < -0.3 is 19.1 Å². The van der Waals surface area contributed by atoms with Gasteiger partial charge in [0.15, 0.2) is 5.69 Å². The molecule has 1 aromatic heterocycles. The number of ether oxygens (including phenoxy) is 1. The highest BCUT2D eigenvalue weighted by atomic mass is 33.1. The Morgan fingerprint density at radius 2 is 1.80 bits per heavy atom. The molecular formula is C30H37N3O4S3. The van der Waals surface area contributed by atoms with Crippen molar-refractivity contribution in [1.29, 1.82) is 0 Å². The molecule has 3 aromatic rings. The molecule has 2 amide bonds. The number of likely N-dealkylation sites (tertiary alicyclic amines) is 1. The van der Waals surface area contributed by atoms with E-state index in [1.807, 2.05) is 75.4 Å². The molecule has 2 aromatic carbocycles. The molecule has 40 heavy (non-hydrogen) atoms. The Labute approximate surface area is 250 Å². The smallest absolute Gasteiger partial charge is 0.410 e. The van der Waals surface area contributed by atoms with Gasteiger partial charge in [-0.2, -0.15) is 12.6 Å². The van der Waals surface area contributed by atoms with Gasteiger partial charge in [-0.1, -0.05) is 57.1 Å². The minimum absolute atomic E-state index is 0.192. The molecule has 214 valence electrons. The number of anilines is 1. The van der Waals surface area contributed by atoms with E-state index >= 15 is 0 Å². The van der Waals surface area contributed by atoms with E-state index in [-0.39, 0.29) is 17.9 Å². The average Bonchev–Trinajstić information content (AvgIpc) is 3.40. The van der Waals surface area contributed by atoms with Gasteiger partial charge in [0, 0.05) is 54.2 Å². The minimum Gasteiger partial charge on any atom is -0.444 e. The first-order valence-electron chi connectivity index (χ1n) is 13.5. The Morgan fingerprint density at radius 1 is 1.10 bits per heavy atom. The maximum atomic E-state index is 13.8. The normalized spacial score (nSPS) is 14.2. The number of aromatic nitrogens is 1. The van der Waals surface area contributed by atoms with Crippen molar-refractivity contribution in [3.8, 4) is 0 Å². The number of carbonyl (C=O) groups is 2. The summed E-state index contributed by atoms with van der Waals surface area (Å²) in [5, 5.41) is 4.14. The number of rotatable bonds is 10. The van der Waals surface area contributed by atoms with E-state index in [4.69, 9.17) is 9.26 Å². The van der Waals surface area contributed by atoms with Gasteiger partial charge in [0.2, 0.25) is 0 Å². The van der Waals surface area contributed by atoms with E-state index in [0.717, 1.165) is 40.5 Å². The van der Waals surface area contributed by atoms with Crippen molar-refractivity contribution in [2.75, 3.05) is 36.0 Å². The van der Waals surface area contributed by atoms with Crippen LogP contribution in [0.5, 0.6) is 0 Å². The second-order valence-electron chi connectivity index (χ2n) is 10.8. The van der Waals surface area contributed by atoms with Gasteiger partial charge in [-0.15, -0.1) is 0 Å². The molecular weight excluding hydrogens is 563 g/mol. The zero-order valence-electron chi connectivity index (χ0n) is 23.2. The number of piperidine rings is 1. The van der Waals surface area contributed by atoms with Crippen LogP contribution in [0.2, 0.25) is 0 Å². The van der Waals surface area contributed by atoms with E-state index in [0.29, 0.717) is 37.5 Å². The summed E-state index contributed by atoms with van der Waals surface area (Å²) in [6, 6.07) is 19.8. The van der Waals surface area contributed by atoms with E-state index < -0.39 is 5.60 Å². The van der Waals surface area contributed by atoms with Gasteiger partial charge in [-0.25, -0.2) is 4.79 Å². The molecule has 1 fully saturated rings. The summed E-state index contributed by atoms with van der Waals surface area (Å²) in [5.74, 6) is 2.47. The van der Waals surface area contributed by atoms with Crippen molar-refractivity contribution in [3.63, 3.8) is 0 Å². The fourth-order valence-corrected chi connectivity index (χ4v) is 6.88. The van der Waals surface area contributed by atoms with Crippen LogP contribution in [0.15, 0.2) is 70.1 Å². The zero-order chi connectivity index (χ0) is 28.5. The van der Waals surface area contributed by atoms with Gasteiger partial charge in [0.25, 0.3) is 5.91 Å². The van der Waals surface area contributed by atoms with E-state index in [2.05, 4.69) is 17.8 Å². The Bertz CT molecular complexity index is 1240. The molecule has 10 heteroatoms. The van der Waals surface area contributed by atoms with Gasteiger partial charge in [0.05, 0.1) is 0 Å². The Balaban J connectivity index is 1.47. The lowest BCUT2D eigenvalue weighted by atomic mass is 9.96. The van der Waals surface area contributed by atoms with Gasteiger partial charge in [0.1, 0.15) is 11.4 Å². The SMILES string of the molecule is CC(C)(C)OC(=O)N1CCC(CN(C(=O)c2cc(Cc3ccccc3)on2)c2ccc(SSCCS)cc2)CC1. The highest BCUT2D eigenvalue weighted by Gasteiger charge is 2.30. The third-order valence-corrected chi connectivity index (χ3v) is 9.34. The molecule has 0 aliphatic carbocycles. The minimum atomic E-state index is -0.524. The lowest BCUT2D eigenvalue weighted by molar-refractivity contribution is 0.0185. The van der Waals surface area contributed by atoms with Crippen LogP contribution in [0.25, 0.3) is 0 Å². The highest BCUT2D eigenvalue weighted by Crippen LogP contribution is 2.33. The van der Waals surface area contributed by atoms with E-state index in [1.165, 1.54) is 0 Å². The first-order valence-corrected chi connectivity index (χ1v) is 16.5. The summed E-state index contributed by atoms with van der Waals surface area (Å²) in [4.78, 5) is 31.0. The molecule has 1 aliphatic rings. The van der Waals surface area contributed by atoms with Crippen LogP contribution in [0.3, 0.4) is 0 Å². The first-order chi connectivity index (χ1) is 19.2. The lowest BCUT2D eigenvalue weighted by Gasteiger charge is -2.35. The van der Waals surface area contributed by atoms with Gasteiger partial charge >= 0.3 is 6.09 Å². The maximum Gasteiger partial charge on any atom is 0.410 e. The van der Waals surface area contributed by atoms with Crippen LogP contribution >= 0.6 is 34.2 Å². The van der Waals surface area contributed by atoms with E-state index in [9.17, 15) is 9.59 Å². The van der Waals surface area contributed by atoms with Crippen LogP contribution in [0.1, 0.15) is 55.4 Å². The topological polar surface area (TPSA) is 75.9 Å². The van der Waals surface area contributed by atoms with Crippen LogP contribution in [-0.4, -0.2) is 58.8 Å². The third-order valence-electron chi connectivity index (χ3n) is 6.43. The average molecular weight is 600 g/mol. The summed E-state index contributed by atoms with van der Waals surface area (Å²) < 4.78 is 11.1. The summed E-state index contributed by atoms with van der Waals surface area (Å²) in [6.45, 7) is 7.36. The summed E-state index contributed by atoms with van der Waals surface area (Å²) in [7, 11) is 3.46. The van der Waals surface area contributed by atoms with Gasteiger partial charge in [-0.3, -0.25) is 4.79 Å². The number of nitrogens with zero attached hydrogens (tertiary/aromatic N) is 3. The van der Waals surface area contributed by atoms with Gasteiger partial charge in [-0.05, 0) is 69.4 Å². The number of benzene rings is 2. The van der Waals surface area contributed by atoms with Crippen molar-refractivity contribution in [1.82, 2.24) is 10.1 Å². The fourth-order valence-electron chi connectivity index (χ4n) is 4.45. The van der Waals surface area contributed by atoms with Crippen molar-refractivity contribution in [3.05, 3.63) is 77.7 Å². The highest BCUT2D eigenvalue weighted by molar-refractivity contribution is 8.76. The zero-order valence-corrected chi connectivity index (χ0v) is 25.8. The monoisotopic (exact) mass is 599 g/mol. The molecule has 0 N–H and O–H groups in total. The second kappa shape index (κ2) is 14.4. The van der Waals surface area contributed by atoms with Crippen LogP contribution in [0, 0.1) is 5.92 Å². The largest absolute Gasteiger partial charge is 0.444 e. The van der Waals surface area contributed by atoms with Crippen LogP contribution < -0.4 is 4.90 Å². The molecule has 4 rings (SSSR count). The Kier molecular flexibility index (Phi) is 10.9. The Hall–Kier alpha value is -2.56. The van der Waals surface area contributed by atoms with Crippen molar-refractivity contribution in [2.45, 2.75) is 50.5 Å². The lowest BCUT2D eigenvalue weighted by Crippen LogP contribution is -2.44. The summed E-state index contributed by atoms with van der Waals surface area (Å²) in [6.07, 6.45) is 1.86. The van der Waals surface area contributed by atoms with Crippen molar-refractivity contribution < 1.29 is 18.8 Å². The number of thiol groups is 1. The Morgan fingerprint density at radius 3 is 2.45 bits per heavy atom. The number of carbonyl (C=O) groups excluding carboxylic acids is 2. The molecule has 0 saturated carbocycles. The standard InChI is InChI=1S/C30H37N3O4S3/c1-30(2,3)36-29(35)32-15-13-23(14-16-32)21-33(24-9-11-26(12-10-24)40-39-18-17-38)28(34)27-20-25(37-31-27)19-22-7-5-4-6-8-22/h4-12,20,23,38H,13-19,21H2,1-3H3. The van der Waals surface area contributed by atoms with E-state index in [1.54, 1.807) is 37.5 Å². The first kappa shape index (κ1) is 30.4. The predicted molar refractivity (Wildman–Crippen MR) is 167 cm³/mol. The van der Waals surface area contributed by atoms with Crippen LogP contribution in [-0.2, 0) is 11.2 Å². The second-order valence-corrected chi connectivity index (χ2v) is 13.7. The molecule has 2 heterocycles. The number of hydrogen-bond acceptors (Lipinski definition) is 8. The fraction of sp³-hybridized carbons (Fsp3) is 0.433. The third kappa shape index (κ3) is 8.97. The molecule has 0 atom stereocenters. The molecule has 1 saturated heterocycles. The maximum absolute atomic E-state index is 13.8. The van der Waals surface area contributed by atoms with Crippen molar-refractivity contribution >= 4 is 51.9 Å². The summed E-state index contributed by atoms with van der Waals surface area (Å²) in [5.41, 5.74) is 1.68. The quantitative estimate of drug-likeness (QED) is 0.150. The molecule has 1 aliphatic heterocycles. The summed E-state index contributed by atoms with van der Waals surface area (Å²) >= 11 is 4.27. The van der Waals surface area contributed by atoms with Crippen LogP contribution in [0.4, 0.5) is 10.5 Å². The van der Waals surface area contributed by atoms with Crippen molar-refractivity contribution in [2.24, 2.45) is 5.92 Å².